The molecule has 3 saturated heterocycles. The van der Waals surface area contributed by atoms with Gasteiger partial charge in [0.05, 0.1) is 19.6 Å². The zero-order valence-corrected chi connectivity index (χ0v) is 10.4. The van der Waals surface area contributed by atoms with Crippen molar-refractivity contribution in [3.05, 3.63) is 0 Å². The van der Waals surface area contributed by atoms with Crippen molar-refractivity contribution in [1.29, 1.82) is 0 Å². The average molecular weight is 226 g/mol. The lowest BCUT2D eigenvalue weighted by molar-refractivity contribution is -0.933. The van der Waals surface area contributed by atoms with Crippen molar-refractivity contribution in [2.24, 2.45) is 0 Å². The number of carbonyl (C=O) groups is 1. The van der Waals surface area contributed by atoms with Crippen LogP contribution in [0.25, 0.3) is 0 Å². The lowest BCUT2D eigenvalue weighted by Crippen LogP contribution is -2.69. The molecule has 0 aromatic heterocycles. The molecule has 1 N–H and O–H groups in total. The molecular weight excluding hydrogens is 202 g/mol. The van der Waals surface area contributed by atoms with Crippen LogP contribution < -0.4 is 5.32 Å². The molecule has 0 unspecified atom stereocenters. The van der Waals surface area contributed by atoms with Crippen LogP contribution >= 0.6 is 0 Å². The molecule has 3 aliphatic rings. The molecule has 0 atom stereocenters. The van der Waals surface area contributed by atoms with Gasteiger partial charge in [0.2, 0.25) is 0 Å². The normalized spacial score (nSPS) is 32.7. The SMILES string of the molecule is CCCCNC(=O)C[N+]12CCN(CC1)CC2. The van der Waals surface area contributed by atoms with Crippen LogP contribution in [-0.2, 0) is 4.79 Å². The van der Waals surface area contributed by atoms with Crippen molar-refractivity contribution in [2.75, 3.05) is 52.4 Å². The van der Waals surface area contributed by atoms with Crippen LogP contribution in [0, 0.1) is 0 Å². The Hall–Kier alpha value is -0.610. The number of unbranched alkanes of at least 4 members (excludes halogenated alkanes) is 1. The zero-order chi connectivity index (χ0) is 11.4. The first-order valence-corrected chi connectivity index (χ1v) is 6.58. The maximum Gasteiger partial charge on any atom is 0.275 e. The topological polar surface area (TPSA) is 32.3 Å². The summed E-state index contributed by atoms with van der Waals surface area (Å²) in [6, 6.07) is 0. The Kier molecular flexibility index (Phi) is 3.82. The zero-order valence-electron chi connectivity index (χ0n) is 10.4. The second kappa shape index (κ2) is 5.15. The highest BCUT2D eigenvalue weighted by molar-refractivity contribution is 5.77. The third kappa shape index (κ3) is 2.74. The lowest BCUT2D eigenvalue weighted by atomic mass is 10.1. The molecule has 16 heavy (non-hydrogen) atoms. The number of hydrogen-bond donors (Lipinski definition) is 1. The van der Waals surface area contributed by atoms with Crippen LogP contribution in [0.2, 0.25) is 0 Å². The van der Waals surface area contributed by atoms with Gasteiger partial charge in [-0.2, -0.15) is 0 Å². The second-order valence-electron chi connectivity index (χ2n) is 5.22. The highest BCUT2D eigenvalue weighted by atomic mass is 16.2. The van der Waals surface area contributed by atoms with E-state index >= 15 is 0 Å². The maximum atomic E-state index is 11.8. The summed E-state index contributed by atoms with van der Waals surface area (Å²) in [5.74, 6) is 0.254. The van der Waals surface area contributed by atoms with Gasteiger partial charge in [-0.25, -0.2) is 0 Å². The van der Waals surface area contributed by atoms with E-state index in [1.807, 2.05) is 0 Å². The molecule has 1 amide bonds. The maximum absolute atomic E-state index is 11.8. The van der Waals surface area contributed by atoms with Crippen LogP contribution in [0.5, 0.6) is 0 Å². The van der Waals surface area contributed by atoms with Gasteiger partial charge >= 0.3 is 0 Å². The molecule has 3 rings (SSSR count). The van der Waals surface area contributed by atoms with Crippen molar-refractivity contribution >= 4 is 5.91 Å². The Morgan fingerprint density at radius 1 is 1.25 bits per heavy atom. The fraction of sp³-hybridized carbons (Fsp3) is 0.917. The molecule has 0 aromatic rings. The summed E-state index contributed by atoms with van der Waals surface area (Å²) in [6.07, 6.45) is 2.24. The third-order valence-electron chi connectivity index (χ3n) is 4.00. The van der Waals surface area contributed by atoms with E-state index in [1.165, 1.54) is 39.3 Å². The number of amides is 1. The largest absolute Gasteiger partial charge is 0.351 e. The number of piperazine rings is 3. The first-order chi connectivity index (χ1) is 7.74. The molecule has 0 spiro atoms. The minimum absolute atomic E-state index is 0.254. The predicted octanol–water partition coefficient (Wildman–Crippen LogP) is 0.0487. The quantitative estimate of drug-likeness (QED) is 0.531. The summed E-state index contributed by atoms with van der Waals surface area (Å²) in [7, 11) is 0. The van der Waals surface area contributed by atoms with Crippen molar-refractivity contribution < 1.29 is 9.28 Å². The Labute approximate surface area is 98.2 Å². The third-order valence-corrected chi connectivity index (χ3v) is 4.00. The average Bonchev–Trinajstić information content (AvgIpc) is 2.31. The van der Waals surface area contributed by atoms with Crippen LogP contribution in [0.15, 0.2) is 0 Å². The van der Waals surface area contributed by atoms with E-state index in [1.54, 1.807) is 0 Å². The molecule has 4 heteroatoms. The van der Waals surface area contributed by atoms with Crippen molar-refractivity contribution in [3.63, 3.8) is 0 Å². The molecule has 2 bridgehead atoms. The fourth-order valence-electron chi connectivity index (χ4n) is 2.73. The van der Waals surface area contributed by atoms with Gasteiger partial charge < -0.3 is 9.80 Å². The highest BCUT2D eigenvalue weighted by Gasteiger charge is 2.39. The molecule has 0 radical (unpaired) electrons. The molecule has 4 nitrogen and oxygen atoms in total. The molecule has 3 aliphatic heterocycles. The fourth-order valence-corrected chi connectivity index (χ4v) is 2.73. The minimum atomic E-state index is 0.254. The molecule has 3 fully saturated rings. The number of quaternary nitrogens is 1. The van der Waals surface area contributed by atoms with Gasteiger partial charge in [0.25, 0.3) is 5.91 Å². The van der Waals surface area contributed by atoms with E-state index in [-0.39, 0.29) is 5.91 Å². The summed E-state index contributed by atoms with van der Waals surface area (Å²) in [4.78, 5) is 14.3. The number of hydrogen-bond acceptors (Lipinski definition) is 2. The van der Waals surface area contributed by atoms with Crippen LogP contribution in [0.3, 0.4) is 0 Å². The van der Waals surface area contributed by atoms with Crippen molar-refractivity contribution in [1.82, 2.24) is 10.2 Å². The summed E-state index contributed by atoms with van der Waals surface area (Å²) >= 11 is 0. The molecule has 0 aromatic carbocycles. The molecule has 3 heterocycles. The Balaban J connectivity index is 1.77. The predicted molar refractivity (Wildman–Crippen MR) is 64.1 cm³/mol. The Morgan fingerprint density at radius 3 is 2.44 bits per heavy atom. The van der Waals surface area contributed by atoms with E-state index in [9.17, 15) is 4.79 Å². The number of carbonyl (C=O) groups excluding carboxylic acids is 1. The highest BCUT2D eigenvalue weighted by Crippen LogP contribution is 2.18. The van der Waals surface area contributed by atoms with Gasteiger partial charge in [-0.15, -0.1) is 0 Å². The van der Waals surface area contributed by atoms with E-state index in [2.05, 4.69) is 17.1 Å². The van der Waals surface area contributed by atoms with E-state index < -0.39 is 0 Å². The standard InChI is InChI=1S/C12H23N3O/c1-2-3-4-13-12(16)11-15-8-5-14(6-9-15)7-10-15/h2-11H2,1H3/p+1. The van der Waals surface area contributed by atoms with Crippen LogP contribution in [0.1, 0.15) is 19.8 Å². The second-order valence-corrected chi connectivity index (χ2v) is 5.22. The molecule has 0 aliphatic carbocycles. The summed E-state index contributed by atoms with van der Waals surface area (Å²) < 4.78 is 1.04. The summed E-state index contributed by atoms with van der Waals surface area (Å²) in [5, 5.41) is 3.04. The number of fused-ring (bicyclic) bond motifs is 3. The van der Waals surface area contributed by atoms with E-state index in [4.69, 9.17) is 0 Å². The molecule has 0 saturated carbocycles. The Morgan fingerprint density at radius 2 is 1.88 bits per heavy atom. The van der Waals surface area contributed by atoms with Crippen molar-refractivity contribution in [3.8, 4) is 0 Å². The summed E-state index contributed by atoms with van der Waals surface area (Å²) in [6.45, 7) is 10.8. The smallest absolute Gasteiger partial charge is 0.275 e. The van der Waals surface area contributed by atoms with Crippen LogP contribution in [0.4, 0.5) is 0 Å². The van der Waals surface area contributed by atoms with Crippen LogP contribution in [-0.4, -0.2) is 67.6 Å². The first-order valence-electron chi connectivity index (χ1n) is 6.58. The van der Waals surface area contributed by atoms with E-state index in [0.717, 1.165) is 23.9 Å². The van der Waals surface area contributed by atoms with Gasteiger partial charge in [0.15, 0.2) is 6.54 Å². The monoisotopic (exact) mass is 226 g/mol. The van der Waals surface area contributed by atoms with Crippen molar-refractivity contribution in [2.45, 2.75) is 19.8 Å². The summed E-state index contributed by atoms with van der Waals surface area (Å²) in [5.41, 5.74) is 0. The Bertz CT molecular complexity index is 233. The lowest BCUT2D eigenvalue weighted by Gasteiger charge is -2.50. The van der Waals surface area contributed by atoms with Gasteiger partial charge in [-0.05, 0) is 6.42 Å². The minimum Gasteiger partial charge on any atom is -0.351 e. The number of nitrogens with one attached hydrogen (secondary N) is 1. The van der Waals surface area contributed by atoms with E-state index in [0.29, 0.717) is 6.54 Å². The van der Waals surface area contributed by atoms with Gasteiger partial charge in [-0.3, -0.25) is 9.69 Å². The van der Waals surface area contributed by atoms with Gasteiger partial charge in [-0.1, -0.05) is 13.3 Å². The molecular formula is C12H24N3O+. The number of nitrogens with zero attached hydrogens (tertiary/aromatic N) is 2. The first kappa shape index (κ1) is 11.9. The van der Waals surface area contributed by atoms with Gasteiger partial charge in [0.1, 0.15) is 0 Å². The number of rotatable bonds is 5. The van der Waals surface area contributed by atoms with Gasteiger partial charge in [0, 0.05) is 26.2 Å². The molecule has 92 valence electrons.